The molecule has 8 nitrogen and oxygen atoms in total. The standard InChI is InChI=1S/C35H46N2O6/c1-35(2,3)43-32(39)13-8-20-41-30-12-7-11-27(22-30)33(25-9-5-4-6-10-25)26-14-17-36(18-15-26)34(40)37-19-16-31-28(23-37)21-29(38)24-42-31/h4-7,9-12,22,26,28,31,33H,8,13-21,23-24H2,1-3H3/t28-,31+,33-/m1/s1. The number of hydrogen-bond acceptors (Lipinski definition) is 6. The first-order valence-corrected chi connectivity index (χ1v) is 15.8. The van der Waals surface area contributed by atoms with Crippen LogP contribution in [0.1, 0.15) is 76.3 Å². The Morgan fingerprint density at radius 1 is 0.953 bits per heavy atom. The van der Waals surface area contributed by atoms with Crippen LogP contribution in [0.4, 0.5) is 4.79 Å². The first-order valence-electron chi connectivity index (χ1n) is 15.8. The molecule has 0 unspecified atom stereocenters. The van der Waals surface area contributed by atoms with Gasteiger partial charge < -0.3 is 24.0 Å². The second kappa shape index (κ2) is 13.9. The van der Waals surface area contributed by atoms with Crippen LogP contribution < -0.4 is 4.74 Å². The van der Waals surface area contributed by atoms with Crippen molar-refractivity contribution in [1.82, 2.24) is 9.80 Å². The van der Waals surface area contributed by atoms with Crippen LogP contribution in [-0.4, -0.2) is 78.7 Å². The van der Waals surface area contributed by atoms with Crippen LogP contribution in [0.3, 0.4) is 0 Å². The smallest absolute Gasteiger partial charge is 0.320 e. The van der Waals surface area contributed by atoms with Crippen molar-refractivity contribution < 1.29 is 28.6 Å². The van der Waals surface area contributed by atoms with Crippen LogP contribution in [0.2, 0.25) is 0 Å². The molecule has 2 aromatic rings. The van der Waals surface area contributed by atoms with Crippen molar-refractivity contribution in [2.45, 2.75) is 76.9 Å². The van der Waals surface area contributed by atoms with E-state index in [0.29, 0.717) is 58.0 Å². The van der Waals surface area contributed by atoms with Gasteiger partial charge in [0, 0.05) is 50.9 Å². The third kappa shape index (κ3) is 8.37. The number of amides is 2. The van der Waals surface area contributed by atoms with E-state index in [1.54, 1.807) is 0 Å². The average molecular weight is 591 g/mol. The number of Topliss-reactive ketones (excluding diaryl/α,β-unsaturated/α-hetero) is 1. The van der Waals surface area contributed by atoms with Gasteiger partial charge in [0.1, 0.15) is 18.0 Å². The molecule has 0 bridgehead atoms. The number of ketones is 1. The van der Waals surface area contributed by atoms with Crippen molar-refractivity contribution in [2.75, 3.05) is 39.4 Å². The van der Waals surface area contributed by atoms with Gasteiger partial charge in [0.25, 0.3) is 0 Å². The third-order valence-electron chi connectivity index (χ3n) is 8.75. The Morgan fingerprint density at radius 3 is 2.42 bits per heavy atom. The molecule has 3 aliphatic rings. The molecule has 0 aliphatic carbocycles. The Kier molecular flexibility index (Phi) is 10.1. The fourth-order valence-electron chi connectivity index (χ4n) is 6.77. The fraction of sp³-hybridized carbons (Fsp3) is 0.571. The second-order valence-electron chi connectivity index (χ2n) is 13.2. The number of rotatable bonds is 8. The fourth-order valence-corrected chi connectivity index (χ4v) is 6.77. The van der Waals surface area contributed by atoms with Crippen molar-refractivity contribution in [3.05, 3.63) is 65.7 Å². The number of carbonyl (C=O) groups excluding carboxylic acids is 3. The summed E-state index contributed by atoms with van der Waals surface area (Å²) in [6, 6.07) is 19.0. The van der Waals surface area contributed by atoms with Gasteiger partial charge in [0.15, 0.2) is 5.78 Å². The van der Waals surface area contributed by atoms with Gasteiger partial charge in [-0.1, -0.05) is 42.5 Å². The molecule has 3 fully saturated rings. The van der Waals surface area contributed by atoms with E-state index in [0.717, 1.165) is 25.0 Å². The summed E-state index contributed by atoms with van der Waals surface area (Å²) in [5.41, 5.74) is 1.98. The summed E-state index contributed by atoms with van der Waals surface area (Å²) < 4.78 is 17.2. The Balaban J connectivity index is 1.19. The highest BCUT2D eigenvalue weighted by molar-refractivity contribution is 5.81. The third-order valence-corrected chi connectivity index (χ3v) is 8.75. The molecule has 0 saturated carbocycles. The summed E-state index contributed by atoms with van der Waals surface area (Å²) in [7, 11) is 0. The largest absolute Gasteiger partial charge is 0.494 e. The predicted molar refractivity (Wildman–Crippen MR) is 164 cm³/mol. The zero-order valence-electron chi connectivity index (χ0n) is 25.8. The Hall–Kier alpha value is -3.39. The molecule has 0 radical (unpaired) electrons. The van der Waals surface area contributed by atoms with Crippen LogP contribution in [0.15, 0.2) is 54.6 Å². The number of nitrogens with zero attached hydrogens (tertiary/aromatic N) is 2. The van der Waals surface area contributed by atoms with Crippen molar-refractivity contribution in [2.24, 2.45) is 11.8 Å². The minimum atomic E-state index is -0.481. The van der Waals surface area contributed by atoms with Crippen LogP contribution in [-0.2, 0) is 19.1 Å². The second-order valence-corrected chi connectivity index (χ2v) is 13.2. The Morgan fingerprint density at radius 2 is 1.67 bits per heavy atom. The number of likely N-dealkylation sites (tertiary alicyclic amines) is 2. The van der Waals surface area contributed by atoms with Crippen molar-refractivity contribution in [1.29, 1.82) is 0 Å². The van der Waals surface area contributed by atoms with Crippen LogP contribution >= 0.6 is 0 Å². The molecule has 2 amide bonds. The highest BCUT2D eigenvalue weighted by atomic mass is 16.6. The van der Waals surface area contributed by atoms with E-state index < -0.39 is 5.60 Å². The Labute approximate surface area is 255 Å². The zero-order valence-corrected chi connectivity index (χ0v) is 25.8. The maximum absolute atomic E-state index is 13.5. The summed E-state index contributed by atoms with van der Waals surface area (Å²) in [5, 5.41) is 0. The molecule has 3 heterocycles. The van der Waals surface area contributed by atoms with Gasteiger partial charge in [0.05, 0.1) is 12.7 Å². The highest BCUT2D eigenvalue weighted by Gasteiger charge is 2.39. The first kappa shape index (κ1) is 31.0. The molecule has 43 heavy (non-hydrogen) atoms. The summed E-state index contributed by atoms with van der Waals surface area (Å²) >= 11 is 0. The van der Waals surface area contributed by atoms with Gasteiger partial charge in [0.2, 0.25) is 0 Å². The molecule has 3 saturated heterocycles. The van der Waals surface area contributed by atoms with Gasteiger partial charge in [-0.15, -0.1) is 0 Å². The monoisotopic (exact) mass is 590 g/mol. The molecule has 3 atom stereocenters. The van der Waals surface area contributed by atoms with E-state index in [4.69, 9.17) is 14.2 Å². The van der Waals surface area contributed by atoms with Crippen LogP contribution in [0.25, 0.3) is 0 Å². The number of carbonyl (C=O) groups is 3. The summed E-state index contributed by atoms with van der Waals surface area (Å²) in [6.45, 7) is 9.00. The number of ether oxygens (including phenoxy) is 3. The van der Waals surface area contributed by atoms with Crippen molar-refractivity contribution in [3.63, 3.8) is 0 Å². The summed E-state index contributed by atoms with van der Waals surface area (Å²) in [5.74, 6) is 1.41. The van der Waals surface area contributed by atoms with E-state index >= 15 is 0 Å². The quantitative estimate of drug-likeness (QED) is 0.284. The Bertz CT molecular complexity index is 1250. The number of piperidine rings is 2. The molecule has 232 valence electrons. The van der Waals surface area contributed by atoms with Crippen molar-refractivity contribution in [3.8, 4) is 5.75 Å². The number of urea groups is 1. The summed E-state index contributed by atoms with van der Waals surface area (Å²) in [6.07, 6.45) is 4.16. The van der Waals surface area contributed by atoms with Gasteiger partial charge in [-0.2, -0.15) is 0 Å². The summed E-state index contributed by atoms with van der Waals surface area (Å²) in [4.78, 5) is 41.4. The van der Waals surface area contributed by atoms with Crippen LogP contribution in [0, 0.1) is 11.8 Å². The maximum atomic E-state index is 13.5. The molecule has 0 aromatic heterocycles. The molecule has 0 N–H and O–H groups in total. The van der Waals surface area contributed by atoms with Gasteiger partial charge in [-0.05, 0) is 75.6 Å². The normalized spacial score (nSPS) is 22.1. The van der Waals surface area contributed by atoms with Gasteiger partial charge >= 0.3 is 12.0 Å². The number of hydrogen-bond donors (Lipinski definition) is 0. The maximum Gasteiger partial charge on any atom is 0.320 e. The van der Waals surface area contributed by atoms with E-state index in [-0.39, 0.29) is 42.3 Å². The van der Waals surface area contributed by atoms with Gasteiger partial charge in [-0.3, -0.25) is 9.59 Å². The van der Waals surface area contributed by atoms with E-state index in [1.165, 1.54) is 11.1 Å². The predicted octanol–water partition coefficient (Wildman–Crippen LogP) is 5.83. The van der Waals surface area contributed by atoms with E-state index in [2.05, 4.69) is 36.4 Å². The lowest BCUT2D eigenvalue weighted by Crippen LogP contribution is -2.54. The SMILES string of the molecule is CC(C)(C)OC(=O)CCCOc1cccc([C@H](c2ccccc2)C2CCN(C(=O)N3CC[C@@H]4OCC(=O)C[C@@H]4C3)CC2)c1. The lowest BCUT2D eigenvalue weighted by molar-refractivity contribution is -0.155. The molecular formula is C35H46N2O6. The lowest BCUT2D eigenvalue weighted by atomic mass is 9.76. The van der Waals surface area contributed by atoms with E-state index in [9.17, 15) is 14.4 Å². The highest BCUT2D eigenvalue weighted by Crippen LogP contribution is 2.39. The molecule has 8 heteroatoms. The molecule has 3 aliphatic heterocycles. The molecule has 2 aromatic carbocycles. The topological polar surface area (TPSA) is 85.4 Å². The van der Waals surface area contributed by atoms with E-state index in [1.807, 2.05) is 48.8 Å². The van der Waals surface area contributed by atoms with Crippen LogP contribution in [0.5, 0.6) is 5.75 Å². The molecule has 0 spiro atoms. The molecule has 5 rings (SSSR count). The first-order chi connectivity index (χ1) is 20.7. The number of benzene rings is 2. The zero-order chi connectivity index (χ0) is 30.4. The minimum Gasteiger partial charge on any atom is -0.494 e. The average Bonchev–Trinajstić information content (AvgIpc) is 2.99. The lowest BCUT2D eigenvalue weighted by Gasteiger charge is -2.43. The number of esters is 1. The minimum absolute atomic E-state index is 0.0907. The van der Waals surface area contributed by atoms with Crippen molar-refractivity contribution >= 4 is 17.8 Å². The van der Waals surface area contributed by atoms with Gasteiger partial charge in [-0.25, -0.2) is 4.79 Å². The molecular weight excluding hydrogens is 544 g/mol. The number of fused-ring (bicyclic) bond motifs is 1.